The van der Waals surface area contributed by atoms with Crippen molar-refractivity contribution in [3.63, 3.8) is 0 Å². The maximum absolute atomic E-state index is 12.2. The summed E-state index contributed by atoms with van der Waals surface area (Å²) in [7, 11) is -3.21. The van der Waals surface area contributed by atoms with E-state index in [4.69, 9.17) is 4.42 Å². The van der Waals surface area contributed by atoms with Gasteiger partial charge in [-0.25, -0.2) is 17.7 Å². The second-order valence-electron chi connectivity index (χ2n) is 6.01. The van der Waals surface area contributed by atoms with Crippen molar-refractivity contribution in [2.45, 2.75) is 13.3 Å². The normalized spacial score (nSPS) is 12.0. The van der Waals surface area contributed by atoms with Gasteiger partial charge in [0.05, 0.1) is 16.5 Å². The van der Waals surface area contributed by atoms with Crippen molar-refractivity contribution in [2.24, 2.45) is 0 Å². The van der Waals surface area contributed by atoms with E-state index in [1.165, 1.54) is 21.9 Å². The summed E-state index contributed by atoms with van der Waals surface area (Å²) in [5.74, 6) is 0.431. The minimum absolute atomic E-state index is 0.208. The van der Waals surface area contributed by atoms with Crippen LogP contribution in [0.25, 0.3) is 21.0 Å². The van der Waals surface area contributed by atoms with E-state index in [1.54, 1.807) is 19.1 Å². The summed E-state index contributed by atoms with van der Waals surface area (Å²) < 4.78 is 31.1. The van der Waals surface area contributed by atoms with E-state index >= 15 is 0 Å². The number of thiazole rings is 1. The van der Waals surface area contributed by atoms with Crippen LogP contribution >= 0.6 is 11.3 Å². The molecular weight excluding hydrogens is 386 g/mol. The van der Waals surface area contributed by atoms with Crippen LogP contribution in [0, 0.1) is 0 Å². The number of rotatable bonds is 8. The van der Waals surface area contributed by atoms with Crippen LogP contribution in [-0.4, -0.2) is 49.5 Å². The van der Waals surface area contributed by atoms with Gasteiger partial charge in [-0.15, -0.1) is 11.3 Å². The lowest BCUT2D eigenvalue weighted by molar-refractivity contribution is 0.0926. The van der Waals surface area contributed by atoms with Crippen molar-refractivity contribution in [3.05, 3.63) is 42.2 Å². The minimum Gasteiger partial charge on any atom is -0.448 e. The number of carbonyl (C=O) groups is 1. The summed E-state index contributed by atoms with van der Waals surface area (Å²) in [6.45, 7) is 2.93. The van der Waals surface area contributed by atoms with Gasteiger partial charge in [0.2, 0.25) is 10.0 Å². The van der Waals surface area contributed by atoms with E-state index < -0.39 is 10.0 Å². The van der Waals surface area contributed by atoms with Gasteiger partial charge in [0.15, 0.2) is 16.5 Å². The molecule has 144 valence electrons. The standard InChI is InChI=1S/C18H21N3O4S2/c1-3-21(27(2,23)24)12-6-11-19-17(22)14-9-10-15(25-14)18-20-13-7-4-5-8-16(13)26-18/h4-5,7-10H,3,6,11-12H2,1-2H3,(H,19,22). The SMILES string of the molecule is CCN(CCCNC(=O)c1ccc(-c2nc3ccccc3s2)o1)S(C)(=O)=O. The van der Waals surface area contributed by atoms with Gasteiger partial charge in [0, 0.05) is 19.6 Å². The molecule has 0 bridgehead atoms. The molecule has 2 aromatic heterocycles. The Kier molecular flexibility index (Phi) is 5.93. The number of carbonyl (C=O) groups excluding carboxylic acids is 1. The fourth-order valence-corrected chi connectivity index (χ4v) is 4.51. The summed E-state index contributed by atoms with van der Waals surface area (Å²) >= 11 is 1.51. The summed E-state index contributed by atoms with van der Waals surface area (Å²) in [4.78, 5) is 16.7. The number of sulfonamides is 1. The molecule has 0 spiro atoms. The molecule has 0 aliphatic heterocycles. The largest absolute Gasteiger partial charge is 0.448 e. The van der Waals surface area contributed by atoms with Gasteiger partial charge in [-0.2, -0.15) is 0 Å². The topological polar surface area (TPSA) is 92.5 Å². The van der Waals surface area contributed by atoms with Crippen LogP contribution in [0.15, 0.2) is 40.8 Å². The molecule has 0 atom stereocenters. The highest BCUT2D eigenvalue weighted by Crippen LogP contribution is 2.31. The number of hydrogen-bond acceptors (Lipinski definition) is 6. The third-order valence-electron chi connectivity index (χ3n) is 4.03. The number of benzene rings is 1. The predicted molar refractivity (Wildman–Crippen MR) is 106 cm³/mol. The van der Waals surface area contributed by atoms with E-state index in [1.807, 2.05) is 24.3 Å². The number of para-hydroxylation sites is 1. The first-order valence-corrected chi connectivity index (χ1v) is 11.2. The highest BCUT2D eigenvalue weighted by atomic mass is 32.2. The second kappa shape index (κ2) is 8.20. The molecule has 27 heavy (non-hydrogen) atoms. The van der Waals surface area contributed by atoms with Crippen molar-refractivity contribution in [1.82, 2.24) is 14.6 Å². The first-order valence-electron chi connectivity index (χ1n) is 8.57. The van der Waals surface area contributed by atoms with Crippen LogP contribution in [0.2, 0.25) is 0 Å². The Morgan fingerprint density at radius 2 is 2.04 bits per heavy atom. The molecule has 3 aromatic rings. The number of amides is 1. The van der Waals surface area contributed by atoms with Crippen LogP contribution in [0.3, 0.4) is 0 Å². The summed E-state index contributed by atoms with van der Waals surface area (Å²) in [5, 5.41) is 3.47. The molecule has 0 radical (unpaired) electrons. The van der Waals surface area contributed by atoms with Crippen molar-refractivity contribution in [1.29, 1.82) is 0 Å². The molecule has 9 heteroatoms. The number of fused-ring (bicyclic) bond motifs is 1. The molecule has 0 aliphatic carbocycles. The zero-order chi connectivity index (χ0) is 19.4. The Morgan fingerprint density at radius 3 is 2.74 bits per heavy atom. The molecule has 0 aliphatic rings. The van der Waals surface area contributed by atoms with Crippen molar-refractivity contribution in [2.75, 3.05) is 25.9 Å². The Bertz CT molecular complexity index is 1010. The van der Waals surface area contributed by atoms with Crippen LogP contribution in [0.1, 0.15) is 23.9 Å². The lowest BCUT2D eigenvalue weighted by Crippen LogP contribution is -2.33. The quantitative estimate of drug-likeness (QED) is 0.580. The lowest BCUT2D eigenvalue weighted by atomic mass is 10.3. The van der Waals surface area contributed by atoms with Gasteiger partial charge >= 0.3 is 0 Å². The van der Waals surface area contributed by atoms with Crippen LogP contribution in [-0.2, 0) is 10.0 Å². The number of hydrogen-bond donors (Lipinski definition) is 1. The molecule has 0 unspecified atom stereocenters. The van der Waals surface area contributed by atoms with Gasteiger partial charge in [0.1, 0.15) is 0 Å². The van der Waals surface area contributed by atoms with E-state index in [9.17, 15) is 13.2 Å². The first kappa shape index (κ1) is 19.5. The van der Waals surface area contributed by atoms with Gasteiger partial charge in [0.25, 0.3) is 5.91 Å². The summed E-state index contributed by atoms with van der Waals surface area (Å²) in [5.41, 5.74) is 0.895. The van der Waals surface area contributed by atoms with Crippen molar-refractivity contribution in [3.8, 4) is 10.8 Å². The average molecular weight is 408 g/mol. The third-order valence-corrected chi connectivity index (χ3v) is 6.46. The molecule has 1 aromatic carbocycles. The number of nitrogens with zero attached hydrogens (tertiary/aromatic N) is 2. The molecule has 1 amide bonds. The van der Waals surface area contributed by atoms with Crippen LogP contribution < -0.4 is 5.32 Å². The van der Waals surface area contributed by atoms with Crippen LogP contribution in [0.5, 0.6) is 0 Å². The Hall–Kier alpha value is -2.23. The van der Waals surface area contributed by atoms with Gasteiger partial charge < -0.3 is 9.73 Å². The molecular formula is C18H21N3O4S2. The third kappa shape index (κ3) is 4.74. The smallest absolute Gasteiger partial charge is 0.287 e. The highest BCUT2D eigenvalue weighted by Gasteiger charge is 2.16. The van der Waals surface area contributed by atoms with E-state index in [-0.39, 0.29) is 11.7 Å². The number of aromatic nitrogens is 1. The predicted octanol–water partition coefficient (Wildman–Crippen LogP) is 2.96. The maximum Gasteiger partial charge on any atom is 0.287 e. The molecule has 2 heterocycles. The van der Waals surface area contributed by atoms with E-state index in [2.05, 4.69) is 10.3 Å². The number of nitrogens with one attached hydrogen (secondary N) is 1. The first-order chi connectivity index (χ1) is 12.9. The molecule has 0 saturated heterocycles. The molecule has 3 rings (SSSR count). The number of furan rings is 1. The summed E-state index contributed by atoms with van der Waals surface area (Å²) in [6.07, 6.45) is 1.71. The fraction of sp³-hybridized carbons (Fsp3) is 0.333. The lowest BCUT2D eigenvalue weighted by Gasteiger charge is -2.17. The van der Waals surface area contributed by atoms with Crippen LogP contribution in [0.4, 0.5) is 0 Å². The monoisotopic (exact) mass is 407 g/mol. The molecule has 0 fully saturated rings. The van der Waals surface area contributed by atoms with Gasteiger partial charge in [-0.1, -0.05) is 19.1 Å². The molecule has 7 nitrogen and oxygen atoms in total. The molecule has 1 N–H and O–H groups in total. The second-order valence-corrected chi connectivity index (χ2v) is 9.03. The van der Waals surface area contributed by atoms with Gasteiger partial charge in [-0.05, 0) is 30.7 Å². The Labute approximate surface area is 162 Å². The summed E-state index contributed by atoms with van der Waals surface area (Å²) in [6, 6.07) is 11.1. The average Bonchev–Trinajstić information content (AvgIpc) is 3.27. The van der Waals surface area contributed by atoms with Gasteiger partial charge in [-0.3, -0.25) is 4.79 Å². The Balaban J connectivity index is 1.57. The zero-order valence-corrected chi connectivity index (χ0v) is 16.8. The van der Waals surface area contributed by atoms with Crippen molar-refractivity contribution >= 4 is 37.5 Å². The van der Waals surface area contributed by atoms with E-state index in [0.717, 1.165) is 15.2 Å². The van der Waals surface area contributed by atoms with Crippen molar-refractivity contribution < 1.29 is 17.6 Å². The Morgan fingerprint density at radius 1 is 1.26 bits per heavy atom. The van der Waals surface area contributed by atoms with E-state index in [0.29, 0.717) is 31.8 Å². The zero-order valence-electron chi connectivity index (χ0n) is 15.1. The maximum atomic E-state index is 12.2. The minimum atomic E-state index is -3.21. The highest BCUT2D eigenvalue weighted by molar-refractivity contribution is 7.88. The fourth-order valence-electron chi connectivity index (χ4n) is 2.66. The molecule has 0 saturated carbocycles.